The van der Waals surface area contributed by atoms with Crippen LogP contribution in [0.1, 0.15) is 19.8 Å². The summed E-state index contributed by atoms with van der Waals surface area (Å²) < 4.78 is 26.2. The van der Waals surface area contributed by atoms with Gasteiger partial charge in [0.15, 0.2) is 0 Å². The maximum Gasteiger partial charge on any atom is 0.214 e. The van der Waals surface area contributed by atoms with Gasteiger partial charge in [-0.2, -0.15) is 4.31 Å². The van der Waals surface area contributed by atoms with Gasteiger partial charge in [0.2, 0.25) is 10.0 Å². The van der Waals surface area contributed by atoms with Crippen molar-refractivity contribution in [3.63, 3.8) is 0 Å². The van der Waals surface area contributed by atoms with E-state index in [0.717, 1.165) is 45.7 Å². The van der Waals surface area contributed by atoms with Crippen molar-refractivity contribution in [2.24, 2.45) is 0 Å². The fraction of sp³-hybridized carbons (Fsp3) is 1.00. The molecule has 0 unspecified atom stereocenters. The van der Waals surface area contributed by atoms with Crippen LogP contribution in [0.4, 0.5) is 0 Å². The van der Waals surface area contributed by atoms with Crippen molar-refractivity contribution in [2.75, 3.05) is 72.2 Å². The molecule has 0 aromatic heterocycles. The summed E-state index contributed by atoms with van der Waals surface area (Å²) in [5, 5.41) is 3.25. The second-order valence-electron chi connectivity index (χ2n) is 5.96. The Bertz CT molecular complexity index is 365. The van der Waals surface area contributed by atoms with Crippen LogP contribution in [-0.2, 0) is 10.0 Å². The molecule has 0 aliphatic carbocycles. The molecule has 0 atom stereocenters. The van der Waals surface area contributed by atoms with Crippen LogP contribution < -0.4 is 5.32 Å². The Kier molecular flexibility index (Phi) is 8.73. The first-order valence-corrected chi connectivity index (χ1v) is 9.62. The predicted molar refractivity (Wildman–Crippen MR) is 88.1 cm³/mol. The molecule has 1 saturated heterocycles. The Labute approximate surface area is 130 Å². The van der Waals surface area contributed by atoms with E-state index in [1.54, 1.807) is 4.31 Å². The van der Waals surface area contributed by atoms with Crippen molar-refractivity contribution in [2.45, 2.75) is 19.8 Å². The number of likely N-dealkylation sites (N-methyl/N-ethyl adjacent to an activating group) is 1. The lowest BCUT2D eigenvalue weighted by Gasteiger charge is -2.34. The summed E-state index contributed by atoms with van der Waals surface area (Å²) in [6.07, 6.45) is 1.78. The first-order valence-electron chi connectivity index (χ1n) is 8.01. The maximum atomic E-state index is 12.3. The highest BCUT2D eigenvalue weighted by atomic mass is 32.2. The Morgan fingerprint density at radius 2 is 1.76 bits per heavy atom. The van der Waals surface area contributed by atoms with Gasteiger partial charge in [0.25, 0.3) is 0 Å². The Morgan fingerprint density at radius 1 is 1.10 bits per heavy atom. The molecule has 0 radical (unpaired) electrons. The van der Waals surface area contributed by atoms with Gasteiger partial charge in [-0.3, -0.25) is 4.90 Å². The summed E-state index contributed by atoms with van der Waals surface area (Å²) in [6.45, 7) is 8.87. The van der Waals surface area contributed by atoms with Crippen molar-refractivity contribution < 1.29 is 8.42 Å². The largest absolute Gasteiger partial charge is 0.317 e. The predicted octanol–water partition coefficient (Wildman–Crippen LogP) is -0.115. The standard InChI is InChI=1S/C14H32N4O2S/c1-4-6-15-7-5-14-21(19,20)18-12-10-17(11-13-18)9-8-16(2)3/h15H,4-14H2,1-3H3. The summed E-state index contributed by atoms with van der Waals surface area (Å²) in [6, 6.07) is 0. The minimum Gasteiger partial charge on any atom is -0.317 e. The van der Waals surface area contributed by atoms with E-state index in [1.165, 1.54) is 0 Å². The monoisotopic (exact) mass is 320 g/mol. The van der Waals surface area contributed by atoms with E-state index in [1.807, 2.05) is 0 Å². The minimum atomic E-state index is -3.07. The van der Waals surface area contributed by atoms with Crippen molar-refractivity contribution in [3.05, 3.63) is 0 Å². The molecule has 1 N–H and O–H groups in total. The molecular formula is C14H32N4O2S. The summed E-state index contributed by atoms with van der Waals surface area (Å²) in [4.78, 5) is 4.50. The molecule has 1 fully saturated rings. The van der Waals surface area contributed by atoms with Crippen molar-refractivity contribution in [1.29, 1.82) is 0 Å². The smallest absolute Gasteiger partial charge is 0.214 e. The Balaban J connectivity index is 2.25. The van der Waals surface area contributed by atoms with Gasteiger partial charge in [-0.15, -0.1) is 0 Å². The third-order valence-electron chi connectivity index (χ3n) is 3.77. The lowest BCUT2D eigenvalue weighted by molar-refractivity contribution is 0.174. The van der Waals surface area contributed by atoms with Gasteiger partial charge in [0.05, 0.1) is 5.75 Å². The average molecular weight is 321 g/mol. The van der Waals surface area contributed by atoms with Crippen LogP contribution in [0.15, 0.2) is 0 Å². The molecule has 0 saturated carbocycles. The van der Waals surface area contributed by atoms with Gasteiger partial charge < -0.3 is 10.2 Å². The highest BCUT2D eigenvalue weighted by Gasteiger charge is 2.26. The van der Waals surface area contributed by atoms with Crippen molar-refractivity contribution >= 4 is 10.0 Å². The van der Waals surface area contributed by atoms with E-state index >= 15 is 0 Å². The number of rotatable bonds is 10. The molecule has 1 heterocycles. The SMILES string of the molecule is CCCNCCCS(=O)(=O)N1CCN(CCN(C)C)CC1. The summed E-state index contributed by atoms with van der Waals surface area (Å²) in [7, 11) is 1.06. The molecule has 1 aliphatic rings. The lowest BCUT2D eigenvalue weighted by Crippen LogP contribution is -2.50. The topological polar surface area (TPSA) is 55.9 Å². The molecule has 7 heteroatoms. The zero-order valence-corrected chi connectivity index (χ0v) is 14.7. The summed E-state index contributed by atoms with van der Waals surface area (Å²) in [5.74, 6) is 0.265. The third kappa shape index (κ3) is 7.56. The van der Waals surface area contributed by atoms with Crippen LogP contribution in [0.3, 0.4) is 0 Å². The van der Waals surface area contributed by atoms with Crippen LogP contribution in [0, 0.1) is 0 Å². The third-order valence-corrected chi connectivity index (χ3v) is 5.73. The van der Waals surface area contributed by atoms with Crippen LogP contribution >= 0.6 is 0 Å². The molecule has 21 heavy (non-hydrogen) atoms. The van der Waals surface area contributed by atoms with Gasteiger partial charge in [-0.05, 0) is 40.0 Å². The number of hydrogen-bond acceptors (Lipinski definition) is 5. The highest BCUT2D eigenvalue weighted by Crippen LogP contribution is 2.09. The first kappa shape index (κ1) is 18.8. The maximum absolute atomic E-state index is 12.3. The van der Waals surface area contributed by atoms with Crippen LogP contribution in [0.25, 0.3) is 0 Å². The molecule has 1 aliphatic heterocycles. The number of hydrogen-bond donors (Lipinski definition) is 1. The van der Waals surface area contributed by atoms with Crippen LogP contribution in [0.5, 0.6) is 0 Å². The minimum absolute atomic E-state index is 0.265. The quantitative estimate of drug-likeness (QED) is 0.569. The summed E-state index contributed by atoms with van der Waals surface area (Å²) in [5.41, 5.74) is 0. The molecule has 0 spiro atoms. The second-order valence-corrected chi connectivity index (χ2v) is 8.05. The lowest BCUT2D eigenvalue weighted by atomic mass is 10.3. The van der Waals surface area contributed by atoms with E-state index < -0.39 is 10.0 Å². The Morgan fingerprint density at radius 3 is 2.33 bits per heavy atom. The van der Waals surface area contributed by atoms with E-state index in [0.29, 0.717) is 19.5 Å². The molecular weight excluding hydrogens is 288 g/mol. The normalized spacial score (nSPS) is 18.5. The number of piperazine rings is 1. The van der Waals surface area contributed by atoms with Crippen LogP contribution in [-0.4, -0.2) is 94.7 Å². The first-order chi connectivity index (χ1) is 9.95. The van der Waals surface area contributed by atoms with E-state index in [-0.39, 0.29) is 5.75 Å². The fourth-order valence-corrected chi connectivity index (χ4v) is 3.87. The Hall–Kier alpha value is -0.210. The van der Waals surface area contributed by atoms with E-state index in [4.69, 9.17) is 0 Å². The van der Waals surface area contributed by atoms with Gasteiger partial charge in [-0.1, -0.05) is 6.92 Å². The number of nitrogens with one attached hydrogen (secondary N) is 1. The number of sulfonamides is 1. The van der Waals surface area contributed by atoms with E-state index in [2.05, 4.69) is 36.1 Å². The molecule has 0 amide bonds. The highest BCUT2D eigenvalue weighted by molar-refractivity contribution is 7.89. The fourth-order valence-electron chi connectivity index (χ4n) is 2.38. The average Bonchev–Trinajstić information content (AvgIpc) is 2.45. The second kappa shape index (κ2) is 9.74. The zero-order valence-electron chi connectivity index (χ0n) is 13.8. The molecule has 126 valence electrons. The molecule has 6 nitrogen and oxygen atoms in total. The molecule has 0 aromatic rings. The zero-order chi connectivity index (χ0) is 15.7. The molecule has 1 rings (SSSR count). The molecule has 0 aromatic carbocycles. The summed E-state index contributed by atoms with van der Waals surface area (Å²) >= 11 is 0. The van der Waals surface area contributed by atoms with Gasteiger partial charge in [0.1, 0.15) is 0 Å². The van der Waals surface area contributed by atoms with Crippen molar-refractivity contribution in [1.82, 2.24) is 19.4 Å². The van der Waals surface area contributed by atoms with Gasteiger partial charge >= 0.3 is 0 Å². The van der Waals surface area contributed by atoms with E-state index in [9.17, 15) is 8.42 Å². The van der Waals surface area contributed by atoms with Gasteiger partial charge in [-0.25, -0.2) is 8.42 Å². The van der Waals surface area contributed by atoms with Crippen molar-refractivity contribution in [3.8, 4) is 0 Å². The molecule has 0 bridgehead atoms. The number of nitrogens with zero attached hydrogens (tertiary/aromatic N) is 3. The van der Waals surface area contributed by atoms with Gasteiger partial charge in [0, 0.05) is 39.3 Å². The van der Waals surface area contributed by atoms with Crippen LogP contribution in [0.2, 0.25) is 0 Å².